The molecule has 5 nitrogen and oxygen atoms in total. The van der Waals surface area contributed by atoms with Gasteiger partial charge in [-0.15, -0.1) is 0 Å². The molecular formula is C23H24N2O3. The van der Waals surface area contributed by atoms with Crippen molar-refractivity contribution < 1.29 is 14.3 Å². The van der Waals surface area contributed by atoms with E-state index in [1.54, 1.807) is 4.90 Å². The van der Waals surface area contributed by atoms with E-state index in [1.807, 2.05) is 55.6 Å². The third-order valence-corrected chi connectivity index (χ3v) is 5.33. The Balaban J connectivity index is 1.26. The van der Waals surface area contributed by atoms with Crippen LogP contribution in [0.3, 0.4) is 0 Å². The molecule has 0 spiro atoms. The summed E-state index contributed by atoms with van der Waals surface area (Å²) in [7, 11) is 0. The molecule has 1 atom stereocenters. The van der Waals surface area contributed by atoms with E-state index in [4.69, 9.17) is 4.74 Å². The number of anilines is 1. The molecule has 1 aromatic heterocycles. The number of H-pyrrole nitrogens is 1. The van der Waals surface area contributed by atoms with Crippen LogP contribution in [0.25, 0.3) is 10.9 Å². The highest BCUT2D eigenvalue weighted by atomic mass is 16.5. The molecule has 0 bridgehead atoms. The number of aryl methyl sites for hydroxylation is 1. The smallest absolute Gasteiger partial charge is 0.306 e. The van der Waals surface area contributed by atoms with Gasteiger partial charge >= 0.3 is 5.97 Å². The van der Waals surface area contributed by atoms with Crippen LogP contribution in [0.15, 0.2) is 54.7 Å². The Morgan fingerprint density at radius 1 is 1.14 bits per heavy atom. The van der Waals surface area contributed by atoms with Gasteiger partial charge in [-0.05, 0) is 49.4 Å². The zero-order chi connectivity index (χ0) is 19.5. The zero-order valence-electron chi connectivity index (χ0n) is 16.0. The van der Waals surface area contributed by atoms with Crippen LogP contribution < -0.4 is 4.90 Å². The summed E-state index contributed by atoms with van der Waals surface area (Å²) in [5.41, 5.74) is 4.39. The maximum Gasteiger partial charge on any atom is 0.306 e. The second-order valence-corrected chi connectivity index (χ2v) is 7.32. The van der Waals surface area contributed by atoms with Crippen LogP contribution in [0.5, 0.6) is 0 Å². The number of esters is 1. The van der Waals surface area contributed by atoms with Gasteiger partial charge in [-0.1, -0.05) is 36.4 Å². The summed E-state index contributed by atoms with van der Waals surface area (Å²) in [4.78, 5) is 29.6. The molecule has 0 saturated carbocycles. The van der Waals surface area contributed by atoms with E-state index in [0.717, 1.165) is 29.6 Å². The number of nitrogens with one attached hydrogen (secondary N) is 1. The molecule has 3 aromatic rings. The van der Waals surface area contributed by atoms with Crippen molar-refractivity contribution in [1.82, 2.24) is 4.98 Å². The van der Waals surface area contributed by atoms with Crippen molar-refractivity contribution in [3.63, 3.8) is 0 Å². The van der Waals surface area contributed by atoms with E-state index in [2.05, 4.69) is 11.1 Å². The predicted octanol–water partition coefficient (Wildman–Crippen LogP) is 4.01. The predicted molar refractivity (Wildman–Crippen MR) is 109 cm³/mol. The first-order chi connectivity index (χ1) is 13.6. The average molecular weight is 376 g/mol. The third-order valence-electron chi connectivity index (χ3n) is 5.33. The van der Waals surface area contributed by atoms with E-state index in [-0.39, 0.29) is 24.5 Å². The van der Waals surface area contributed by atoms with E-state index >= 15 is 0 Å². The van der Waals surface area contributed by atoms with E-state index in [9.17, 15) is 9.59 Å². The van der Waals surface area contributed by atoms with Gasteiger partial charge in [-0.25, -0.2) is 0 Å². The van der Waals surface area contributed by atoms with Crippen molar-refractivity contribution in [1.29, 1.82) is 0 Å². The van der Waals surface area contributed by atoms with Gasteiger partial charge in [0.1, 0.15) is 0 Å². The third kappa shape index (κ3) is 3.65. The van der Waals surface area contributed by atoms with E-state index < -0.39 is 0 Å². The molecule has 0 fully saturated rings. The number of carbonyl (C=O) groups excluding carboxylic acids is 2. The second-order valence-electron chi connectivity index (χ2n) is 7.32. The van der Waals surface area contributed by atoms with Gasteiger partial charge in [0.25, 0.3) is 5.91 Å². The Bertz CT molecular complexity index is 1010. The molecule has 28 heavy (non-hydrogen) atoms. The number of carbonyl (C=O) groups is 2. The molecule has 5 heteroatoms. The maximum atomic E-state index is 12.6. The van der Waals surface area contributed by atoms with Crippen molar-refractivity contribution in [3.8, 4) is 0 Å². The molecule has 0 aliphatic carbocycles. The summed E-state index contributed by atoms with van der Waals surface area (Å²) < 4.78 is 5.25. The maximum absolute atomic E-state index is 12.6. The second kappa shape index (κ2) is 7.89. The first-order valence-corrected chi connectivity index (χ1v) is 9.74. The molecule has 1 aliphatic heterocycles. The Kier molecular flexibility index (Phi) is 5.15. The number of nitrogens with zero attached hydrogens (tertiary/aromatic N) is 1. The Hall–Kier alpha value is -3.08. The summed E-state index contributed by atoms with van der Waals surface area (Å²) in [6.45, 7) is 1.81. The molecule has 4 rings (SSSR count). The lowest BCUT2D eigenvalue weighted by atomic mass is 10.1. The van der Waals surface area contributed by atoms with Crippen molar-refractivity contribution in [2.24, 2.45) is 0 Å². The average Bonchev–Trinajstić information content (AvgIpc) is 3.26. The van der Waals surface area contributed by atoms with Gasteiger partial charge in [-0.2, -0.15) is 0 Å². The molecule has 1 unspecified atom stereocenters. The minimum absolute atomic E-state index is 0.0884. The fourth-order valence-electron chi connectivity index (χ4n) is 3.99. The highest BCUT2D eigenvalue weighted by molar-refractivity contribution is 5.97. The first-order valence-electron chi connectivity index (χ1n) is 9.74. The number of hydrogen-bond donors (Lipinski definition) is 1. The normalized spacial score (nSPS) is 15.6. The quantitative estimate of drug-likeness (QED) is 0.661. The highest BCUT2D eigenvalue weighted by Gasteiger charge is 2.30. The summed E-state index contributed by atoms with van der Waals surface area (Å²) >= 11 is 0. The lowest BCUT2D eigenvalue weighted by Crippen LogP contribution is -2.38. The molecule has 2 heterocycles. The van der Waals surface area contributed by atoms with Gasteiger partial charge in [-0.3, -0.25) is 9.59 Å². The van der Waals surface area contributed by atoms with Crippen LogP contribution in [0.4, 0.5) is 5.69 Å². The molecule has 2 aromatic carbocycles. The molecule has 0 saturated heterocycles. The van der Waals surface area contributed by atoms with E-state index in [1.165, 1.54) is 10.9 Å². The van der Waals surface area contributed by atoms with Crippen LogP contribution >= 0.6 is 0 Å². The van der Waals surface area contributed by atoms with Gasteiger partial charge in [0.15, 0.2) is 6.61 Å². The number of aromatic nitrogens is 1. The van der Waals surface area contributed by atoms with Gasteiger partial charge in [0, 0.05) is 35.2 Å². The summed E-state index contributed by atoms with van der Waals surface area (Å²) in [5, 5.41) is 1.19. The van der Waals surface area contributed by atoms with Gasteiger partial charge in [0.05, 0.1) is 0 Å². The fraction of sp³-hybridized carbons (Fsp3) is 0.304. The summed E-state index contributed by atoms with van der Waals surface area (Å²) in [6, 6.07) is 16.1. The topological polar surface area (TPSA) is 62.4 Å². The molecule has 1 amide bonds. The van der Waals surface area contributed by atoms with Crippen molar-refractivity contribution in [2.45, 2.75) is 38.6 Å². The van der Waals surface area contributed by atoms with Crippen molar-refractivity contribution in [2.75, 3.05) is 11.5 Å². The summed E-state index contributed by atoms with van der Waals surface area (Å²) in [5.74, 6) is -0.490. The number of amides is 1. The number of para-hydroxylation sites is 2. The number of rotatable bonds is 6. The van der Waals surface area contributed by atoms with Gasteiger partial charge in [0.2, 0.25) is 0 Å². The van der Waals surface area contributed by atoms with Crippen LogP contribution in [0.2, 0.25) is 0 Å². The van der Waals surface area contributed by atoms with Crippen molar-refractivity contribution in [3.05, 3.63) is 65.9 Å². The molecular weight excluding hydrogens is 352 g/mol. The zero-order valence-corrected chi connectivity index (χ0v) is 16.0. The monoisotopic (exact) mass is 376 g/mol. The lowest BCUT2D eigenvalue weighted by molar-refractivity contribution is -0.148. The fourth-order valence-corrected chi connectivity index (χ4v) is 3.99. The number of ether oxygens (including phenoxy) is 1. The number of aromatic amines is 1. The SMILES string of the molecule is CC1Cc2ccccc2N1C(=O)COC(=O)CCCc1c[nH]c2ccccc12. The van der Waals surface area contributed by atoms with Gasteiger partial charge < -0.3 is 14.6 Å². The van der Waals surface area contributed by atoms with E-state index in [0.29, 0.717) is 12.8 Å². The minimum atomic E-state index is -0.326. The lowest BCUT2D eigenvalue weighted by Gasteiger charge is -2.22. The summed E-state index contributed by atoms with van der Waals surface area (Å²) in [6.07, 6.45) is 4.62. The number of benzene rings is 2. The number of hydrogen-bond acceptors (Lipinski definition) is 3. The Morgan fingerprint density at radius 3 is 2.82 bits per heavy atom. The molecule has 0 radical (unpaired) electrons. The van der Waals surface area contributed by atoms with Crippen molar-refractivity contribution >= 4 is 28.5 Å². The van der Waals surface area contributed by atoms with Crippen LogP contribution in [-0.4, -0.2) is 29.5 Å². The molecule has 144 valence electrons. The van der Waals surface area contributed by atoms with Crippen LogP contribution in [0, 0.1) is 0 Å². The Labute approximate surface area is 164 Å². The van der Waals surface area contributed by atoms with Crippen LogP contribution in [-0.2, 0) is 27.2 Å². The first kappa shape index (κ1) is 18.3. The highest BCUT2D eigenvalue weighted by Crippen LogP contribution is 2.31. The molecule has 1 aliphatic rings. The number of fused-ring (bicyclic) bond motifs is 2. The largest absolute Gasteiger partial charge is 0.456 e. The minimum Gasteiger partial charge on any atom is -0.456 e. The standard InChI is InChI=1S/C23H24N2O3/c1-16-13-17-7-2-5-11-21(17)25(16)22(26)15-28-23(27)12-6-8-18-14-24-20-10-4-3-9-19(18)20/h2-5,7,9-11,14,16,24H,6,8,12-13,15H2,1H3. The molecule has 1 N–H and O–H groups in total. The Morgan fingerprint density at radius 2 is 1.93 bits per heavy atom. The van der Waals surface area contributed by atoms with Crippen LogP contribution in [0.1, 0.15) is 30.9 Å².